The number of carbonyl (C=O) groups is 1. The number of oxime groups is 1. The zero-order valence-corrected chi connectivity index (χ0v) is 36.1. The number of amides is 1. The second-order valence-corrected chi connectivity index (χ2v) is 18.4. The predicted octanol–water partition coefficient (Wildman–Crippen LogP) is 10.9. The van der Waals surface area contributed by atoms with Crippen molar-refractivity contribution in [1.29, 1.82) is 0 Å². The number of fused-ring (bicyclic) bond motifs is 2. The Bertz CT molecular complexity index is 1410. The normalized spacial score (nSPS) is 24.8. The van der Waals surface area contributed by atoms with Crippen LogP contribution in [0.3, 0.4) is 0 Å². The zero-order chi connectivity index (χ0) is 40.4. The molecule has 1 aromatic rings. The van der Waals surface area contributed by atoms with E-state index in [2.05, 4.69) is 31.8 Å². The molecule has 0 aromatic heterocycles. The number of nitrogens with one attached hydrogen (secondary N) is 1. The van der Waals surface area contributed by atoms with E-state index in [1.165, 1.54) is 51.4 Å². The van der Waals surface area contributed by atoms with Crippen LogP contribution in [0.5, 0.6) is 11.5 Å². The van der Waals surface area contributed by atoms with Crippen molar-refractivity contribution >= 4 is 23.6 Å². The number of nitrogens with zero attached hydrogens (tertiary/aromatic N) is 1. The molecular formula is C46H74N2O7S. The second kappa shape index (κ2) is 23.8. The van der Waals surface area contributed by atoms with Crippen LogP contribution >= 0.6 is 11.8 Å². The van der Waals surface area contributed by atoms with Crippen LogP contribution in [0.2, 0.25) is 0 Å². The third-order valence-electron chi connectivity index (χ3n) is 11.4. The lowest BCUT2D eigenvalue weighted by molar-refractivity contribution is -0.223. The lowest BCUT2D eigenvalue weighted by atomic mass is 9.56. The first-order chi connectivity index (χ1) is 27.1. The lowest BCUT2D eigenvalue weighted by Crippen LogP contribution is -2.64. The van der Waals surface area contributed by atoms with Gasteiger partial charge in [0.05, 0.1) is 23.5 Å². The topological polar surface area (TPSA) is 119 Å². The summed E-state index contributed by atoms with van der Waals surface area (Å²) in [6.07, 6.45) is 21.8. The fraction of sp³-hybridized carbons (Fsp3) is 0.739. The number of benzene rings is 1. The molecule has 4 rings (SSSR count). The van der Waals surface area contributed by atoms with E-state index >= 15 is 0 Å². The van der Waals surface area contributed by atoms with Crippen molar-refractivity contribution in [1.82, 2.24) is 5.32 Å². The van der Waals surface area contributed by atoms with Crippen molar-refractivity contribution in [2.45, 2.75) is 166 Å². The summed E-state index contributed by atoms with van der Waals surface area (Å²) >= 11 is 1.82. The van der Waals surface area contributed by atoms with Gasteiger partial charge < -0.3 is 34.6 Å². The Balaban J connectivity index is 1.66. The molecule has 1 heterocycles. The van der Waals surface area contributed by atoms with Crippen LogP contribution in [0.15, 0.2) is 47.7 Å². The molecule has 3 N–H and O–H groups in total. The van der Waals surface area contributed by atoms with Crippen LogP contribution in [0.1, 0.15) is 155 Å². The van der Waals surface area contributed by atoms with Gasteiger partial charge in [-0.2, -0.15) is 11.8 Å². The van der Waals surface area contributed by atoms with E-state index in [1.807, 2.05) is 50.7 Å². The Morgan fingerprint density at radius 2 is 1.66 bits per heavy atom. The Hall–Kier alpha value is -2.53. The first-order valence-corrected chi connectivity index (χ1v) is 23.0. The highest BCUT2D eigenvalue weighted by atomic mass is 32.2. The number of ether oxygens (including phenoxy) is 3. The summed E-state index contributed by atoms with van der Waals surface area (Å²) in [5, 5.41) is 27.4. The van der Waals surface area contributed by atoms with Gasteiger partial charge in [0.15, 0.2) is 0 Å². The van der Waals surface area contributed by atoms with E-state index in [9.17, 15) is 15.0 Å². The SMILES string of the molecule is C=CCOC12Oc3ccc(OC(=O)NCCCCCCCCCCCC)cc3C3C(CCCCO)C(CCCCO)C=C(C(=NOC(C)(C)C)CC1SCC)C32. The van der Waals surface area contributed by atoms with Crippen molar-refractivity contribution in [3.63, 3.8) is 0 Å². The fourth-order valence-electron chi connectivity index (χ4n) is 8.88. The van der Waals surface area contributed by atoms with E-state index in [-0.39, 0.29) is 42.1 Å². The molecule has 1 fully saturated rings. The molecule has 0 bridgehead atoms. The molecule has 0 saturated heterocycles. The van der Waals surface area contributed by atoms with Crippen molar-refractivity contribution in [2.24, 2.45) is 22.9 Å². The van der Waals surface area contributed by atoms with Crippen molar-refractivity contribution in [3.8, 4) is 11.5 Å². The minimum Gasteiger partial charge on any atom is -0.460 e. The van der Waals surface area contributed by atoms with Gasteiger partial charge in [0.25, 0.3) is 0 Å². The van der Waals surface area contributed by atoms with E-state index in [4.69, 9.17) is 24.2 Å². The van der Waals surface area contributed by atoms with Crippen LogP contribution < -0.4 is 14.8 Å². The summed E-state index contributed by atoms with van der Waals surface area (Å²) in [5.74, 6) is 1.18. The number of hydrogen-bond acceptors (Lipinski definition) is 9. The van der Waals surface area contributed by atoms with Crippen LogP contribution in [-0.4, -0.2) is 70.8 Å². The van der Waals surface area contributed by atoms with Gasteiger partial charge in [-0.05, 0) is 94.2 Å². The molecule has 10 heteroatoms. The molecule has 0 spiro atoms. The highest BCUT2D eigenvalue weighted by Crippen LogP contribution is 2.62. The van der Waals surface area contributed by atoms with Gasteiger partial charge in [0.2, 0.25) is 5.79 Å². The van der Waals surface area contributed by atoms with E-state index in [0.717, 1.165) is 79.7 Å². The number of thioether (sulfide) groups is 1. The smallest absolute Gasteiger partial charge is 0.412 e. The molecule has 1 aliphatic heterocycles. The van der Waals surface area contributed by atoms with Gasteiger partial charge in [-0.15, -0.1) is 6.58 Å². The van der Waals surface area contributed by atoms with Gasteiger partial charge in [-0.3, -0.25) is 0 Å². The highest BCUT2D eigenvalue weighted by molar-refractivity contribution is 8.00. The van der Waals surface area contributed by atoms with Crippen LogP contribution in [-0.2, 0) is 9.57 Å². The average Bonchev–Trinajstić information content (AvgIpc) is 3.17. The number of aliphatic hydroxyl groups excluding tert-OH is 2. The summed E-state index contributed by atoms with van der Waals surface area (Å²) in [5.41, 5.74) is 2.55. The maximum atomic E-state index is 13.1. The second-order valence-electron chi connectivity index (χ2n) is 16.9. The number of carbonyl (C=O) groups excluding carboxylic acids is 1. The highest BCUT2D eigenvalue weighted by Gasteiger charge is 2.64. The largest absolute Gasteiger partial charge is 0.460 e. The van der Waals surface area contributed by atoms with Gasteiger partial charge in [-0.1, -0.05) is 102 Å². The molecule has 6 unspecified atom stereocenters. The first kappa shape index (κ1) is 46.2. The summed E-state index contributed by atoms with van der Waals surface area (Å²) in [6, 6.07) is 5.77. The van der Waals surface area contributed by atoms with E-state index in [0.29, 0.717) is 25.3 Å². The molecule has 316 valence electrons. The molecule has 1 aromatic carbocycles. The third kappa shape index (κ3) is 13.0. The molecule has 0 radical (unpaired) electrons. The minimum atomic E-state index is -1.00. The molecule has 2 aliphatic carbocycles. The molecule has 1 amide bonds. The van der Waals surface area contributed by atoms with Gasteiger partial charge in [0, 0.05) is 37.7 Å². The van der Waals surface area contributed by atoms with E-state index < -0.39 is 17.5 Å². The zero-order valence-electron chi connectivity index (χ0n) is 35.3. The van der Waals surface area contributed by atoms with Gasteiger partial charge in [0.1, 0.15) is 17.1 Å². The Morgan fingerprint density at radius 3 is 2.30 bits per heavy atom. The number of rotatable bonds is 26. The maximum Gasteiger partial charge on any atom is 0.412 e. The summed E-state index contributed by atoms with van der Waals surface area (Å²) in [4.78, 5) is 19.3. The monoisotopic (exact) mass is 799 g/mol. The van der Waals surface area contributed by atoms with E-state index in [1.54, 1.807) is 6.08 Å². The molecular weight excluding hydrogens is 725 g/mol. The molecule has 1 saturated carbocycles. The van der Waals surface area contributed by atoms with Gasteiger partial charge >= 0.3 is 6.09 Å². The molecule has 9 nitrogen and oxygen atoms in total. The lowest BCUT2D eigenvalue weighted by Gasteiger charge is -2.58. The predicted molar refractivity (Wildman–Crippen MR) is 230 cm³/mol. The summed E-state index contributed by atoms with van der Waals surface area (Å²) in [6.45, 7) is 15.7. The minimum absolute atomic E-state index is 0.0558. The van der Waals surface area contributed by atoms with Gasteiger partial charge in [-0.25, -0.2) is 4.79 Å². The number of hydrogen-bond donors (Lipinski definition) is 3. The average molecular weight is 799 g/mol. The Kier molecular flexibility index (Phi) is 19.6. The van der Waals surface area contributed by atoms with Crippen LogP contribution in [0.4, 0.5) is 4.79 Å². The Labute approximate surface area is 342 Å². The fourth-order valence-corrected chi connectivity index (χ4v) is 10.1. The van der Waals surface area contributed by atoms with Crippen LogP contribution in [0, 0.1) is 17.8 Å². The molecule has 3 aliphatic rings. The van der Waals surface area contributed by atoms with Crippen molar-refractivity contribution < 1.29 is 34.1 Å². The molecule has 6 atom stereocenters. The summed E-state index contributed by atoms with van der Waals surface area (Å²) in [7, 11) is 0. The number of allylic oxidation sites excluding steroid dienone is 1. The third-order valence-corrected chi connectivity index (χ3v) is 12.7. The quantitative estimate of drug-likeness (QED) is 0.0482. The van der Waals surface area contributed by atoms with Crippen molar-refractivity contribution in [3.05, 3.63) is 48.1 Å². The summed E-state index contributed by atoms with van der Waals surface area (Å²) < 4.78 is 20.1. The maximum absolute atomic E-state index is 13.1. The first-order valence-electron chi connectivity index (χ1n) is 22.0. The standard InChI is InChI=1S/C46H74N2O7S/c1-7-10-11-12-13-14-15-16-17-20-27-47-44(51)53-35-25-26-40-38(32-35)42-36(24-19-22-29-50)34(23-18-21-28-49)31-37-39(48-55-45(4,5)6)33-41(56-9-3)46(54-40,43(37)42)52-30-8-2/h8,25-26,31-32,34,36,41-43,49-50H,2,7,9-24,27-30,33H2,1,3-6H3,(H,47,51). The Morgan fingerprint density at radius 1 is 0.982 bits per heavy atom. The van der Waals surface area contributed by atoms with Crippen molar-refractivity contribution in [2.75, 3.05) is 32.1 Å². The van der Waals surface area contributed by atoms with Crippen LogP contribution in [0.25, 0.3) is 0 Å². The number of unbranched alkanes of at least 4 members (excludes halogenated alkanes) is 11. The molecule has 56 heavy (non-hydrogen) atoms. The number of aliphatic hydroxyl groups is 2.